The maximum atomic E-state index is 11.8. The van der Waals surface area contributed by atoms with Crippen LogP contribution in [0.25, 0.3) is 11.1 Å². The van der Waals surface area contributed by atoms with E-state index in [4.69, 9.17) is 5.14 Å². The fourth-order valence-corrected chi connectivity index (χ4v) is 3.37. The molecule has 0 radical (unpaired) electrons. The van der Waals surface area contributed by atoms with Crippen LogP contribution in [0.15, 0.2) is 59.8 Å². The van der Waals surface area contributed by atoms with Gasteiger partial charge in [-0.25, -0.2) is 13.6 Å². The van der Waals surface area contributed by atoms with E-state index in [0.717, 1.165) is 22.8 Å². The van der Waals surface area contributed by atoms with Crippen molar-refractivity contribution in [2.24, 2.45) is 12.2 Å². The molecule has 0 saturated heterocycles. The Hall–Kier alpha value is -3.24. The summed E-state index contributed by atoms with van der Waals surface area (Å²) in [7, 11) is -2.29. The first kappa shape index (κ1) is 18.5. The molecule has 0 aliphatic rings. The van der Waals surface area contributed by atoms with Crippen molar-refractivity contribution in [3.8, 4) is 11.1 Å². The highest BCUT2D eigenvalue weighted by Crippen LogP contribution is 2.26. The number of hydrogen-bond acceptors (Lipinski definition) is 6. The van der Waals surface area contributed by atoms with Gasteiger partial charge in [-0.3, -0.25) is 14.8 Å². The molecule has 0 spiro atoms. The summed E-state index contributed by atoms with van der Waals surface area (Å²) in [5.41, 5.74) is 2.69. The summed E-state index contributed by atoms with van der Waals surface area (Å²) in [6.07, 6.45) is 3.64. The molecule has 0 atom stereocenters. The van der Waals surface area contributed by atoms with Crippen LogP contribution in [0.3, 0.4) is 0 Å². The summed E-state index contributed by atoms with van der Waals surface area (Å²) in [6, 6.07) is 11.2. The fraction of sp³-hybridized carbons (Fsp3) is 0.118. The van der Waals surface area contributed by atoms with Crippen LogP contribution in [0.4, 0.5) is 11.4 Å². The standard InChI is InChI=1S/C17H17N5O4S/c1-21-11-14(10-20-21)13-4-2-3-12(7-13)9-19-16-6-5-15(22(23)24)8-17(16)27(18,25)26/h2-8,10-11,19H,9H2,1H3,(H2,18,25,26). The molecular weight excluding hydrogens is 370 g/mol. The van der Waals surface area contributed by atoms with Crippen LogP contribution in [-0.4, -0.2) is 23.1 Å². The molecule has 0 fully saturated rings. The van der Waals surface area contributed by atoms with Gasteiger partial charge in [-0.05, 0) is 23.3 Å². The number of non-ortho nitro benzene ring substituents is 1. The molecule has 0 amide bonds. The Labute approximate surface area is 155 Å². The second-order valence-electron chi connectivity index (χ2n) is 5.94. The third kappa shape index (κ3) is 4.30. The molecular formula is C17H17N5O4S. The van der Waals surface area contributed by atoms with Gasteiger partial charge in [-0.1, -0.05) is 18.2 Å². The highest BCUT2D eigenvalue weighted by molar-refractivity contribution is 7.89. The topological polar surface area (TPSA) is 133 Å². The number of aryl methyl sites for hydroxylation is 1. The zero-order valence-corrected chi connectivity index (χ0v) is 15.2. The lowest BCUT2D eigenvalue weighted by molar-refractivity contribution is -0.385. The molecule has 0 unspecified atom stereocenters. The zero-order chi connectivity index (χ0) is 19.6. The molecule has 0 saturated carbocycles. The number of nitrogens with zero attached hydrogens (tertiary/aromatic N) is 3. The van der Waals surface area contributed by atoms with Crippen molar-refractivity contribution in [2.75, 3.05) is 5.32 Å². The molecule has 3 rings (SSSR count). The number of nitro benzene ring substituents is 1. The first-order chi connectivity index (χ1) is 12.7. The molecule has 2 aromatic carbocycles. The van der Waals surface area contributed by atoms with Gasteiger partial charge >= 0.3 is 0 Å². The summed E-state index contributed by atoms with van der Waals surface area (Å²) in [5.74, 6) is 0. The van der Waals surface area contributed by atoms with E-state index in [2.05, 4.69) is 10.4 Å². The van der Waals surface area contributed by atoms with E-state index in [9.17, 15) is 18.5 Å². The van der Waals surface area contributed by atoms with Gasteiger partial charge in [0.05, 0.1) is 16.8 Å². The lowest BCUT2D eigenvalue weighted by Crippen LogP contribution is -2.15. The molecule has 0 bridgehead atoms. The Morgan fingerprint density at radius 1 is 1.22 bits per heavy atom. The molecule has 1 aromatic heterocycles. The minimum atomic E-state index is -4.12. The Kier molecular flexibility index (Phi) is 4.93. The number of benzene rings is 2. The number of aromatic nitrogens is 2. The predicted molar refractivity (Wildman–Crippen MR) is 100 cm³/mol. The molecule has 9 nitrogen and oxygen atoms in total. The third-order valence-corrected chi connectivity index (χ3v) is 4.88. The normalized spacial score (nSPS) is 11.3. The largest absolute Gasteiger partial charge is 0.380 e. The van der Waals surface area contributed by atoms with Crippen LogP contribution in [0.1, 0.15) is 5.56 Å². The molecule has 3 N–H and O–H groups in total. The van der Waals surface area contributed by atoms with Crippen molar-refractivity contribution in [1.29, 1.82) is 0 Å². The molecule has 10 heteroatoms. The van der Waals surface area contributed by atoms with Gasteiger partial charge in [0, 0.05) is 37.5 Å². The Morgan fingerprint density at radius 3 is 2.63 bits per heavy atom. The molecule has 0 aliphatic carbocycles. The van der Waals surface area contributed by atoms with E-state index in [-0.39, 0.29) is 16.3 Å². The minimum Gasteiger partial charge on any atom is -0.380 e. The van der Waals surface area contributed by atoms with Crippen LogP contribution < -0.4 is 10.5 Å². The SMILES string of the molecule is Cn1cc(-c2cccc(CNc3ccc([N+](=O)[O-])cc3S(N)(=O)=O)c2)cn1. The number of hydrogen-bond donors (Lipinski definition) is 2. The van der Waals surface area contributed by atoms with Crippen molar-refractivity contribution in [2.45, 2.75) is 11.4 Å². The summed E-state index contributed by atoms with van der Waals surface area (Å²) in [6.45, 7) is 0.314. The van der Waals surface area contributed by atoms with Gasteiger partial charge in [0.25, 0.3) is 5.69 Å². The number of nitro groups is 1. The van der Waals surface area contributed by atoms with Crippen LogP contribution >= 0.6 is 0 Å². The monoisotopic (exact) mass is 387 g/mol. The molecule has 27 heavy (non-hydrogen) atoms. The van der Waals surface area contributed by atoms with Crippen LogP contribution in [-0.2, 0) is 23.6 Å². The van der Waals surface area contributed by atoms with Crippen molar-refractivity contribution in [3.63, 3.8) is 0 Å². The average molecular weight is 387 g/mol. The lowest BCUT2D eigenvalue weighted by atomic mass is 10.1. The van der Waals surface area contributed by atoms with Crippen LogP contribution in [0.2, 0.25) is 0 Å². The van der Waals surface area contributed by atoms with Gasteiger partial charge in [0.1, 0.15) is 4.90 Å². The lowest BCUT2D eigenvalue weighted by Gasteiger charge is -2.11. The van der Waals surface area contributed by atoms with Gasteiger partial charge in [-0.15, -0.1) is 0 Å². The maximum absolute atomic E-state index is 11.8. The Bertz CT molecular complexity index is 1110. The van der Waals surface area contributed by atoms with E-state index >= 15 is 0 Å². The number of primary sulfonamides is 1. The second kappa shape index (κ2) is 7.17. The van der Waals surface area contributed by atoms with Crippen molar-refractivity contribution in [3.05, 3.63) is 70.5 Å². The van der Waals surface area contributed by atoms with Crippen molar-refractivity contribution >= 4 is 21.4 Å². The third-order valence-electron chi connectivity index (χ3n) is 3.93. The molecule has 1 heterocycles. The number of nitrogens with one attached hydrogen (secondary N) is 1. The van der Waals surface area contributed by atoms with E-state index in [1.165, 1.54) is 12.1 Å². The molecule has 0 aliphatic heterocycles. The predicted octanol–water partition coefficient (Wildman–Crippen LogP) is 2.25. The van der Waals surface area contributed by atoms with Crippen LogP contribution in [0, 0.1) is 10.1 Å². The highest BCUT2D eigenvalue weighted by atomic mass is 32.2. The van der Waals surface area contributed by atoms with Gasteiger partial charge in [0.15, 0.2) is 0 Å². The quantitative estimate of drug-likeness (QED) is 0.492. The first-order valence-electron chi connectivity index (χ1n) is 7.87. The van der Waals surface area contributed by atoms with Crippen molar-refractivity contribution < 1.29 is 13.3 Å². The zero-order valence-electron chi connectivity index (χ0n) is 14.4. The van der Waals surface area contributed by atoms with Gasteiger partial charge in [0.2, 0.25) is 10.0 Å². The Morgan fingerprint density at radius 2 is 2.00 bits per heavy atom. The molecule has 3 aromatic rings. The number of nitrogens with two attached hydrogens (primary N) is 1. The number of anilines is 1. The Balaban J connectivity index is 1.86. The number of sulfonamides is 1. The summed E-state index contributed by atoms with van der Waals surface area (Å²) >= 11 is 0. The highest BCUT2D eigenvalue weighted by Gasteiger charge is 2.19. The fourth-order valence-electron chi connectivity index (χ4n) is 2.63. The molecule has 140 valence electrons. The maximum Gasteiger partial charge on any atom is 0.270 e. The van der Waals surface area contributed by atoms with E-state index in [1.807, 2.05) is 37.5 Å². The smallest absolute Gasteiger partial charge is 0.270 e. The van der Waals surface area contributed by atoms with Crippen molar-refractivity contribution in [1.82, 2.24) is 9.78 Å². The van der Waals surface area contributed by atoms with Gasteiger partial charge < -0.3 is 5.32 Å². The van der Waals surface area contributed by atoms with E-state index < -0.39 is 14.9 Å². The minimum absolute atomic E-state index is 0.204. The summed E-state index contributed by atoms with van der Waals surface area (Å²) in [5, 5.41) is 23.2. The summed E-state index contributed by atoms with van der Waals surface area (Å²) in [4.78, 5) is 9.90. The second-order valence-corrected chi connectivity index (χ2v) is 7.47. The summed E-state index contributed by atoms with van der Waals surface area (Å²) < 4.78 is 25.3. The first-order valence-corrected chi connectivity index (χ1v) is 9.42. The van der Waals surface area contributed by atoms with E-state index in [0.29, 0.717) is 6.54 Å². The van der Waals surface area contributed by atoms with Crippen LogP contribution in [0.5, 0.6) is 0 Å². The van der Waals surface area contributed by atoms with E-state index in [1.54, 1.807) is 10.9 Å². The average Bonchev–Trinajstić information content (AvgIpc) is 3.05. The van der Waals surface area contributed by atoms with Gasteiger partial charge in [-0.2, -0.15) is 5.10 Å². The number of rotatable bonds is 6.